The van der Waals surface area contributed by atoms with Gasteiger partial charge in [0.25, 0.3) is 11.8 Å². The molecule has 3 rings (SSSR count). The molecular weight excluding hydrogens is 420 g/mol. The monoisotopic (exact) mass is 442 g/mol. The second kappa shape index (κ2) is 8.81. The summed E-state index contributed by atoms with van der Waals surface area (Å²) in [6.45, 7) is 7.43. The highest BCUT2D eigenvalue weighted by molar-refractivity contribution is 6.39. The lowest BCUT2D eigenvalue weighted by molar-refractivity contribution is -0.122. The smallest absolute Gasteiger partial charge is 0.335 e. The molecule has 1 aliphatic rings. The SMILES string of the molecule is COc1cc(C=C2C(=O)NC(=O)N(c3cc(C)cc(C)c3)C2=O)cc(Cl)c1OC(C)C. The maximum absolute atomic E-state index is 13.1. The second-order valence-electron chi connectivity index (χ2n) is 7.50. The van der Waals surface area contributed by atoms with Gasteiger partial charge in [0.05, 0.1) is 23.9 Å². The Balaban J connectivity index is 2.05. The normalized spacial score (nSPS) is 15.5. The number of nitrogens with zero attached hydrogens (tertiary/aromatic N) is 1. The van der Waals surface area contributed by atoms with E-state index in [-0.39, 0.29) is 16.7 Å². The molecule has 0 unspecified atom stereocenters. The summed E-state index contributed by atoms with van der Waals surface area (Å²) < 4.78 is 11.0. The van der Waals surface area contributed by atoms with E-state index < -0.39 is 17.8 Å². The number of methoxy groups -OCH3 is 1. The predicted octanol–water partition coefficient (Wildman–Crippen LogP) is 4.42. The van der Waals surface area contributed by atoms with E-state index in [9.17, 15) is 14.4 Å². The first-order valence-corrected chi connectivity index (χ1v) is 10.0. The number of nitrogens with one attached hydrogen (secondary N) is 1. The third-order valence-corrected chi connectivity index (χ3v) is 4.76. The number of aryl methyl sites for hydroxylation is 2. The van der Waals surface area contributed by atoms with Crippen LogP contribution >= 0.6 is 11.6 Å². The summed E-state index contributed by atoms with van der Waals surface area (Å²) in [4.78, 5) is 38.9. The van der Waals surface area contributed by atoms with Crippen molar-refractivity contribution in [3.05, 3.63) is 57.6 Å². The van der Waals surface area contributed by atoms with Crippen LogP contribution < -0.4 is 19.7 Å². The quantitative estimate of drug-likeness (QED) is 0.547. The first kappa shape index (κ1) is 22.4. The lowest BCUT2D eigenvalue weighted by atomic mass is 10.0. The van der Waals surface area contributed by atoms with Crippen molar-refractivity contribution < 1.29 is 23.9 Å². The van der Waals surface area contributed by atoms with Crippen molar-refractivity contribution in [2.75, 3.05) is 12.0 Å². The number of anilines is 1. The van der Waals surface area contributed by atoms with Crippen LogP contribution in [0.1, 0.15) is 30.5 Å². The third-order valence-electron chi connectivity index (χ3n) is 4.48. The summed E-state index contributed by atoms with van der Waals surface area (Å²) in [6.07, 6.45) is 1.24. The topological polar surface area (TPSA) is 84.9 Å². The highest BCUT2D eigenvalue weighted by Crippen LogP contribution is 2.38. The molecule has 0 radical (unpaired) electrons. The summed E-state index contributed by atoms with van der Waals surface area (Å²) in [5.74, 6) is -0.781. The molecule has 2 aromatic rings. The Morgan fingerprint density at radius 1 is 1.03 bits per heavy atom. The molecule has 0 aliphatic carbocycles. The van der Waals surface area contributed by atoms with Crippen LogP contribution in [0.2, 0.25) is 5.02 Å². The third kappa shape index (κ3) is 4.72. The number of benzene rings is 2. The number of ether oxygens (including phenoxy) is 2. The summed E-state index contributed by atoms with van der Waals surface area (Å²) in [5.41, 5.74) is 2.40. The average Bonchev–Trinajstić information content (AvgIpc) is 2.65. The summed E-state index contributed by atoms with van der Waals surface area (Å²) in [6, 6.07) is 7.70. The fraction of sp³-hybridized carbons (Fsp3) is 0.261. The fourth-order valence-corrected chi connectivity index (χ4v) is 3.58. The van der Waals surface area contributed by atoms with E-state index in [1.54, 1.807) is 24.3 Å². The summed E-state index contributed by atoms with van der Waals surface area (Å²) in [5, 5.41) is 2.49. The van der Waals surface area contributed by atoms with Gasteiger partial charge in [0, 0.05) is 0 Å². The molecule has 1 aliphatic heterocycles. The van der Waals surface area contributed by atoms with E-state index in [0.29, 0.717) is 22.7 Å². The Kier molecular flexibility index (Phi) is 6.36. The van der Waals surface area contributed by atoms with E-state index in [1.807, 2.05) is 33.8 Å². The van der Waals surface area contributed by atoms with E-state index in [2.05, 4.69) is 5.32 Å². The Bertz CT molecular complexity index is 1090. The van der Waals surface area contributed by atoms with Gasteiger partial charge in [-0.25, -0.2) is 9.69 Å². The number of hydrogen-bond donors (Lipinski definition) is 1. The largest absolute Gasteiger partial charge is 0.493 e. The number of amides is 4. The van der Waals surface area contributed by atoms with E-state index in [4.69, 9.17) is 21.1 Å². The van der Waals surface area contributed by atoms with Crippen molar-refractivity contribution >= 4 is 41.2 Å². The van der Waals surface area contributed by atoms with Crippen LogP contribution in [0, 0.1) is 13.8 Å². The number of barbiturate groups is 1. The fourth-order valence-electron chi connectivity index (χ4n) is 3.31. The molecular formula is C23H23ClN2O5. The van der Waals surface area contributed by atoms with Crippen molar-refractivity contribution in [2.24, 2.45) is 0 Å². The molecule has 1 heterocycles. The molecule has 8 heteroatoms. The highest BCUT2D eigenvalue weighted by Gasteiger charge is 2.37. The molecule has 0 aromatic heterocycles. The minimum absolute atomic E-state index is 0.126. The van der Waals surface area contributed by atoms with E-state index in [0.717, 1.165) is 16.0 Å². The zero-order valence-corrected chi connectivity index (χ0v) is 18.7. The Morgan fingerprint density at radius 2 is 1.68 bits per heavy atom. The lowest BCUT2D eigenvalue weighted by Crippen LogP contribution is -2.54. The number of halogens is 1. The van der Waals surface area contributed by atoms with Crippen LogP contribution in [-0.2, 0) is 9.59 Å². The molecule has 2 aromatic carbocycles. The lowest BCUT2D eigenvalue weighted by Gasteiger charge is -2.27. The number of imide groups is 2. The van der Waals surface area contributed by atoms with Gasteiger partial charge in [-0.2, -0.15) is 0 Å². The van der Waals surface area contributed by atoms with Gasteiger partial charge in [-0.1, -0.05) is 17.7 Å². The Hall–Kier alpha value is -3.32. The minimum Gasteiger partial charge on any atom is -0.493 e. The summed E-state index contributed by atoms with van der Waals surface area (Å²) >= 11 is 6.35. The zero-order chi connectivity index (χ0) is 22.9. The first-order valence-electron chi connectivity index (χ1n) is 9.64. The van der Waals surface area contributed by atoms with Crippen molar-refractivity contribution in [3.63, 3.8) is 0 Å². The molecule has 1 fully saturated rings. The van der Waals surface area contributed by atoms with Gasteiger partial charge >= 0.3 is 6.03 Å². The van der Waals surface area contributed by atoms with Crippen molar-refractivity contribution in [3.8, 4) is 11.5 Å². The van der Waals surface area contributed by atoms with E-state index in [1.165, 1.54) is 13.2 Å². The zero-order valence-electron chi connectivity index (χ0n) is 17.9. The van der Waals surface area contributed by atoms with Gasteiger partial charge in [-0.3, -0.25) is 14.9 Å². The van der Waals surface area contributed by atoms with Crippen LogP contribution in [0.4, 0.5) is 10.5 Å². The molecule has 31 heavy (non-hydrogen) atoms. The van der Waals surface area contributed by atoms with Gasteiger partial charge in [0.1, 0.15) is 5.57 Å². The molecule has 7 nitrogen and oxygen atoms in total. The molecule has 0 spiro atoms. The van der Waals surface area contributed by atoms with Gasteiger partial charge < -0.3 is 9.47 Å². The number of hydrogen-bond acceptors (Lipinski definition) is 5. The predicted molar refractivity (Wildman–Crippen MR) is 119 cm³/mol. The van der Waals surface area contributed by atoms with Crippen molar-refractivity contribution in [1.82, 2.24) is 5.32 Å². The maximum atomic E-state index is 13.1. The molecule has 1 saturated heterocycles. The maximum Gasteiger partial charge on any atom is 0.335 e. The van der Waals surface area contributed by atoms with Gasteiger partial charge in [0.2, 0.25) is 0 Å². The number of carbonyl (C=O) groups is 3. The first-order chi connectivity index (χ1) is 14.6. The molecule has 162 valence electrons. The number of rotatable bonds is 5. The van der Waals surface area contributed by atoms with Crippen LogP contribution in [0.3, 0.4) is 0 Å². The summed E-state index contributed by atoms with van der Waals surface area (Å²) in [7, 11) is 1.47. The average molecular weight is 443 g/mol. The van der Waals surface area contributed by atoms with Crippen molar-refractivity contribution in [1.29, 1.82) is 0 Å². The Morgan fingerprint density at radius 3 is 2.26 bits per heavy atom. The van der Waals surface area contributed by atoms with Gasteiger partial charge in [0.15, 0.2) is 11.5 Å². The van der Waals surface area contributed by atoms with Crippen LogP contribution in [0.25, 0.3) is 6.08 Å². The van der Waals surface area contributed by atoms with Crippen molar-refractivity contribution in [2.45, 2.75) is 33.8 Å². The number of urea groups is 1. The molecule has 0 bridgehead atoms. The van der Waals surface area contributed by atoms with Crippen LogP contribution in [-0.4, -0.2) is 31.1 Å². The molecule has 0 saturated carbocycles. The molecule has 1 N–H and O–H groups in total. The van der Waals surface area contributed by atoms with E-state index >= 15 is 0 Å². The van der Waals surface area contributed by atoms with Gasteiger partial charge in [-0.15, -0.1) is 0 Å². The number of carbonyl (C=O) groups excluding carboxylic acids is 3. The minimum atomic E-state index is -0.798. The Labute approximate surface area is 185 Å². The standard InChI is InChI=1S/C23H23ClN2O5/c1-12(2)31-20-18(24)10-15(11-19(20)30-5)9-17-21(27)25-23(29)26(22(17)28)16-7-13(3)6-14(4)8-16/h6-12H,1-5H3,(H,25,27,29). The second-order valence-corrected chi connectivity index (χ2v) is 7.91. The van der Waals surface area contributed by atoms with Gasteiger partial charge in [-0.05, 0) is 74.7 Å². The van der Waals surface area contributed by atoms with Crippen LogP contribution in [0.15, 0.2) is 35.9 Å². The molecule has 4 amide bonds. The highest BCUT2D eigenvalue weighted by atomic mass is 35.5. The van der Waals surface area contributed by atoms with Crippen LogP contribution in [0.5, 0.6) is 11.5 Å². The molecule has 0 atom stereocenters.